The van der Waals surface area contributed by atoms with E-state index in [4.69, 9.17) is 4.98 Å². The maximum absolute atomic E-state index is 12.7. The predicted molar refractivity (Wildman–Crippen MR) is 111 cm³/mol. The van der Waals surface area contributed by atoms with Gasteiger partial charge in [0, 0.05) is 25.0 Å². The number of piperidine rings is 1. The van der Waals surface area contributed by atoms with Crippen molar-refractivity contribution in [2.75, 3.05) is 23.3 Å². The number of amides is 1. The summed E-state index contributed by atoms with van der Waals surface area (Å²) in [4.78, 5) is 28.2. The van der Waals surface area contributed by atoms with E-state index >= 15 is 0 Å². The molecule has 1 fully saturated rings. The van der Waals surface area contributed by atoms with Gasteiger partial charge in [-0.2, -0.15) is 5.10 Å². The molecule has 3 aromatic rings. The Balaban J connectivity index is 1.48. The first-order chi connectivity index (χ1) is 14.0. The van der Waals surface area contributed by atoms with Crippen LogP contribution in [0.3, 0.4) is 0 Å². The highest BCUT2D eigenvalue weighted by Crippen LogP contribution is 2.23. The zero-order valence-corrected chi connectivity index (χ0v) is 17.0. The summed E-state index contributed by atoms with van der Waals surface area (Å²) in [5, 5.41) is 7.42. The van der Waals surface area contributed by atoms with Crippen LogP contribution in [0.4, 0.5) is 11.6 Å². The third-order valence-electron chi connectivity index (χ3n) is 5.11. The molecule has 29 heavy (non-hydrogen) atoms. The lowest BCUT2D eigenvalue weighted by Crippen LogP contribution is -2.41. The van der Waals surface area contributed by atoms with E-state index in [1.54, 1.807) is 23.3 Å². The van der Waals surface area contributed by atoms with Crippen molar-refractivity contribution in [3.8, 4) is 5.82 Å². The number of hydrogen-bond acceptors (Lipinski definition) is 6. The predicted octanol–water partition coefficient (Wildman–Crippen LogP) is 2.84. The number of hydrogen-bond donors (Lipinski definition) is 1. The van der Waals surface area contributed by atoms with E-state index < -0.39 is 0 Å². The summed E-state index contributed by atoms with van der Waals surface area (Å²) in [7, 11) is 0. The van der Waals surface area contributed by atoms with Crippen LogP contribution < -0.4 is 10.2 Å². The molecule has 0 aliphatic carbocycles. The Labute approximate surface area is 170 Å². The summed E-state index contributed by atoms with van der Waals surface area (Å²) < 4.78 is 1.79. The van der Waals surface area contributed by atoms with Crippen molar-refractivity contribution >= 4 is 17.5 Å². The van der Waals surface area contributed by atoms with Gasteiger partial charge in [-0.15, -0.1) is 0 Å². The quantitative estimate of drug-likeness (QED) is 0.736. The first kappa shape index (κ1) is 19.0. The van der Waals surface area contributed by atoms with E-state index in [2.05, 4.69) is 25.3 Å². The summed E-state index contributed by atoms with van der Waals surface area (Å²) in [6.45, 7) is 7.37. The number of carbonyl (C=O) groups is 1. The lowest BCUT2D eigenvalue weighted by atomic mass is 9.97. The fourth-order valence-corrected chi connectivity index (χ4v) is 3.63. The minimum absolute atomic E-state index is 0.00582. The lowest BCUT2D eigenvalue weighted by molar-refractivity contribution is -0.120. The highest BCUT2D eigenvalue weighted by molar-refractivity contribution is 5.92. The van der Waals surface area contributed by atoms with Crippen molar-refractivity contribution in [2.45, 2.75) is 33.6 Å². The van der Waals surface area contributed by atoms with Gasteiger partial charge in [0.05, 0.1) is 24.0 Å². The van der Waals surface area contributed by atoms with Gasteiger partial charge in [-0.05, 0) is 51.3 Å². The van der Waals surface area contributed by atoms with E-state index in [0.29, 0.717) is 18.2 Å². The van der Waals surface area contributed by atoms with Crippen LogP contribution in [0.5, 0.6) is 0 Å². The molecule has 1 unspecified atom stereocenters. The third-order valence-corrected chi connectivity index (χ3v) is 5.11. The second-order valence-corrected chi connectivity index (χ2v) is 7.57. The fourth-order valence-electron chi connectivity index (χ4n) is 3.63. The molecule has 0 radical (unpaired) electrons. The normalized spacial score (nSPS) is 16.7. The second-order valence-electron chi connectivity index (χ2n) is 7.57. The molecular formula is C21H25N7O. The van der Waals surface area contributed by atoms with Crippen LogP contribution in [0.2, 0.25) is 0 Å². The van der Waals surface area contributed by atoms with Crippen LogP contribution in [-0.2, 0) is 4.79 Å². The number of aryl methyl sites for hydroxylation is 3. The smallest absolute Gasteiger partial charge is 0.230 e. The number of nitrogens with zero attached hydrogens (tertiary/aromatic N) is 6. The average molecular weight is 391 g/mol. The summed E-state index contributed by atoms with van der Waals surface area (Å²) in [5.74, 6) is 1.91. The molecule has 0 spiro atoms. The highest BCUT2D eigenvalue weighted by Gasteiger charge is 2.27. The molecule has 1 saturated heterocycles. The molecule has 4 heterocycles. The molecule has 150 valence electrons. The largest absolute Gasteiger partial charge is 0.354 e. The standard InChI is InChI=1S/C21H25N7O/c1-14-6-7-18(23-10-14)24-21(29)17-5-4-8-27(13-17)19-11-22-12-20(25-19)28-16(3)9-15(2)26-28/h6-7,9-12,17H,4-5,8,13H2,1-3H3,(H,23,24,29). The molecule has 1 N–H and O–H groups in total. The summed E-state index contributed by atoms with van der Waals surface area (Å²) in [5.41, 5.74) is 3.01. The monoisotopic (exact) mass is 391 g/mol. The molecule has 1 aliphatic rings. The van der Waals surface area contributed by atoms with Crippen molar-refractivity contribution in [1.29, 1.82) is 0 Å². The minimum Gasteiger partial charge on any atom is -0.354 e. The number of carbonyl (C=O) groups excluding carboxylic acids is 1. The van der Waals surface area contributed by atoms with Gasteiger partial charge >= 0.3 is 0 Å². The number of nitrogens with one attached hydrogen (secondary N) is 1. The molecule has 1 atom stereocenters. The minimum atomic E-state index is -0.119. The Morgan fingerprint density at radius 3 is 2.69 bits per heavy atom. The van der Waals surface area contributed by atoms with Gasteiger partial charge in [-0.1, -0.05) is 6.07 Å². The van der Waals surface area contributed by atoms with Gasteiger partial charge in [-0.25, -0.2) is 14.6 Å². The van der Waals surface area contributed by atoms with Crippen molar-refractivity contribution in [1.82, 2.24) is 24.7 Å². The molecule has 0 bridgehead atoms. The van der Waals surface area contributed by atoms with Gasteiger partial charge in [0.2, 0.25) is 5.91 Å². The van der Waals surface area contributed by atoms with Gasteiger partial charge in [0.1, 0.15) is 11.6 Å². The van der Waals surface area contributed by atoms with Crippen LogP contribution in [0.1, 0.15) is 29.8 Å². The Hall–Kier alpha value is -3.29. The zero-order chi connectivity index (χ0) is 20.4. The summed E-state index contributed by atoms with van der Waals surface area (Å²) >= 11 is 0. The lowest BCUT2D eigenvalue weighted by Gasteiger charge is -2.32. The number of anilines is 2. The van der Waals surface area contributed by atoms with E-state index in [0.717, 1.165) is 42.2 Å². The highest BCUT2D eigenvalue weighted by atomic mass is 16.2. The Kier molecular flexibility index (Phi) is 5.24. The van der Waals surface area contributed by atoms with Crippen LogP contribution in [-0.4, -0.2) is 43.7 Å². The van der Waals surface area contributed by atoms with Gasteiger partial charge in [-0.3, -0.25) is 9.78 Å². The van der Waals surface area contributed by atoms with Crippen LogP contribution in [0, 0.1) is 26.7 Å². The van der Waals surface area contributed by atoms with Crippen LogP contribution in [0.15, 0.2) is 36.8 Å². The van der Waals surface area contributed by atoms with Gasteiger partial charge in [0.15, 0.2) is 5.82 Å². The number of pyridine rings is 1. The first-order valence-electron chi connectivity index (χ1n) is 9.84. The second kappa shape index (κ2) is 7.98. The molecule has 8 heteroatoms. The van der Waals surface area contributed by atoms with Crippen molar-refractivity contribution < 1.29 is 4.79 Å². The zero-order valence-electron chi connectivity index (χ0n) is 17.0. The molecule has 0 saturated carbocycles. The fraction of sp³-hybridized carbons (Fsp3) is 0.381. The molecule has 1 amide bonds. The molecule has 8 nitrogen and oxygen atoms in total. The summed E-state index contributed by atoms with van der Waals surface area (Å²) in [6, 6.07) is 5.78. The van der Waals surface area contributed by atoms with Crippen LogP contribution >= 0.6 is 0 Å². The first-order valence-corrected chi connectivity index (χ1v) is 9.84. The molecule has 1 aliphatic heterocycles. The topological polar surface area (TPSA) is 88.8 Å². The Bertz CT molecular complexity index is 1010. The molecule has 3 aromatic heterocycles. The molecule has 4 rings (SSSR count). The van der Waals surface area contributed by atoms with Gasteiger partial charge < -0.3 is 10.2 Å². The number of rotatable bonds is 4. The van der Waals surface area contributed by atoms with Crippen LogP contribution in [0.25, 0.3) is 5.82 Å². The van der Waals surface area contributed by atoms with E-state index in [1.165, 1.54) is 0 Å². The number of aromatic nitrogens is 5. The molecular weight excluding hydrogens is 366 g/mol. The van der Waals surface area contributed by atoms with Crippen molar-refractivity contribution in [3.63, 3.8) is 0 Å². The van der Waals surface area contributed by atoms with E-state index in [-0.39, 0.29) is 11.8 Å². The van der Waals surface area contributed by atoms with Crippen molar-refractivity contribution in [3.05, 3.63) is 53.7 Å². The maximum Gasteiger partial charge on any atom is 0.230 e. The Morgan fingerprint density at radius 2 is 1.97 bits per heavy atom. The molecule has 0 aromatic carbocycles. The maximum atomic E-state index is 12.7. The third kappa shape index (κ3) is 4.26. The average Bonchev–Trinajstić information content (AvgIpc) is 3.08. The summed E-state index contributed by atoms with van der Waals surface area (Å²) in [6.07, 6.45) is 6.98. The Morgan fingerprint density at radius 1 is 1.14 bits per heavy atom. The van der Waals surface area contributed by atoms with E-state index in [9.17, 15) is 4.79 Å². The van der Waals surface area contributed by atoms with E-state index in [1.807, 2.05) is 39.0 Å². The van der Waals surface area contributed by atoms with Crippen molar-refractivity contribution in [2.24, 2.45) is 5.92 Å². The van der Waals surface area contributed by atoms with Gasteiger partial charge in [0.25, 0.3) is 0 Å². The SMILES string of the molecule is Cc1ccc(NC(=O)C2CCCN(c3cncc(-n4nc(C)cc4C)n3)C2)nc1.